The van der Waals surface area contributed by atoms with Gasteiger partial charge in [0.2, 0.25) is 5.91 Å². The maximum absolute atomic E-state index is 13.1. The molecule has 6 N–H and O–H groups in total. The van der Waals surface area contributed by atoms with Crippen molar-refractivity contribution in [1.29, 1.82) is 0 Å². The third kappa shape index (κ3) is 5.70. The smallest absolute Gasteiger partial charge is 0.326 e. The van der Waals surface area contributed by atoms with Crippen LogP contribution in [0.25, 0.3) is 0 Å². The molecule has 0 aromatic rings. The lowest BCUT2D eigenvalue weighted by atomic mass is 9.69. The Kier molecular flexibility index (Phi) is 8.36. The molecule has 2 bridgehead atoms. The van der Waals surface area contributed by atoms with E-state index in [0.29, 0.717) is 38.1 Å². The highest BCUT2D eigenvalue weighted by Crippen LogP contribution is 2.65. The summed E-state index contributed by atoms with van der Waals surface area (Å²) >= 11 is 0. The molecule has 0 saturated heterocycles. The molecule has 2 aliphatic carbocycles. The molecule has 0 aromatic heterocycles. The van der Waals surface area contributed by atoms with Crippen LogP contribution in [0.2, 0.25) is 0 Å². The molecule has 5 unspecified atom stereocenters. The molecule has 0 heterocycles. The number of carboxylic acid groups (broad SMARTS) is 1. The van der Waals surface area contributed by atoms with Crippen molar-refractivity contribution in [3.8, 4) is 0 Å². The average molecular weight is 439 g/mol. The maximum atomic E-state index is 13.1. The highest BCUT2D eigenvalue weighted by Gasteiger charge is 2.61. The number of carbonyl (C=O) groups is 3. The minimum atomic E-state index is -1.09. The summed E-state index contributed by atoms with van der Waals surface area (Å²) < 4.78 is 0. The normalized spacial score (nSPS) is 28.2. The molecule has 0 spiro atoms. The Balaban J connectivity index is 2.00. The van der Waals surface area contributed by atoms with Gasteiger partial charge in [-0.05, 0) is 74.2 Å². The van der Waals surface area contributed by atoms with Crippen molar-refractivity contribution < 1.29 is 19.5 Å². The molecule has 5 atom stereocenters. The Morgan fingerprint density at radius 1 is 1.10 bits per heavy atom. The third-order valence-corrected chi connectivity index (χ3v) is 7.99. The summed E-state index contributed by atoms with van der Waals surface area (Å²) in [6, 6.07) is -2.24. The third-order valence-electron chi connectivity index (χ3n) is 7.99. The summed E-state index contributed by atoms with van der Waals surface area (Å²) in [5, 5.41) is 17.8. The predicted octanol–water partition coefficient (Wildman–Crippen LogP) is 2.61. The molecule has 178 valence electrons. The molecule has 0 aromatic carbocycles. The fourth-order valence-corrected chi connectivity index (χ4v) is 5.51. The maximum Gasteiger partial charge on any atom is 0.326 e. The fraction of sp³-hybridized carbons (Fsp3) is 0.870. The van der Waals surface area contributed by atoms with E-state index >= 15 is 0 Å². The van der Waals surface area contributed by atoms with Crippen molar-refractivity contribution >= 4 is 17.9 Å². The van der Waals surface area contributed by atoms with Gasteiger partial charge in [0, 0.05) is 6.04 Å². The number of hydrogen-bond acceptors (Lipinski definition) is 4. The number of unbranched alkanes of at least 4 members (excludes halogenated alkanes) is 1. The fourth-order valence-electron chi connectivity index (χ4n) is 5.51. The Bertz CT molecular complexity index is 666. The van der Waals surface area contributed by atoms with E-state index in [2.05, 4.69) is 36.7 Å². The van der Waals surface area contributed by atoms with Crippen LogP contribution in [0.1, 0.15) is 79.6 Å². The molecule has 3 amide bonds. The monoisotopic (exact) mass is 438 g/mol. The zero-order chi connectivity index (χ0) is 23.4. The van der Waals surface area contributed by atoms with Crippen LogP contribution in [0.5, 0.6) is 0 Å². The van der Waals surface area contributed by atoms with E-state index in [1.807, 2.05) is 13.8 Å². The van der Waals surface area contributed by atoms with E-state index in [4.69, 9.17) is 5.73 Å². The Hall–Kier alpha value is -1.83. The van der Waals surface area contributed by atoms with Gasteiger partial charge in [-0.2, -0.15) is 0 Å². The number of nitrogens with two attached hydrogens (primary N) is 1. The summed E-state index contributed by atoms with van der Waals surface area (Å²) in [4.78, 5) is 37.1. The quantitative estimate of drug-likeness (QED) is 0.316. The van der Waals surface area contributed by atoms with Crippen LogP contribution < -0.4 is 21.7 Å². The lowest BCUT2D eigenvalue weighted by molar-refractivity contribution is -0.139. The van der Waals surface area contributed by atoms with Gasteiger partial charge in [0.05, 0.1) is 0 Å². The Morgan fingerprint density at radius 3 is 2.23 bits per heavy atom. The van der Waals surface area contributed by atoms with E-state index in [-0.39, 0.29) is 28.7 Å². The van der Waals surface area contributed by atoms with Crippen molar-refractivity contribution in [2.75, 3.05) is 6.54 Å². The summed E-state index contributed by atoms with van der Waals surface area (Å²) in [6.45, 7) is 11.3. The second kappa shape index (κ2) is 10.2. The molecule has 2 fully saturated rings. The van der Waals surface area contributed by atoms with Gasteiger partial charge < -0.3 is 26.8 Å². The van der Waals surface area contributed by atoms with Crippen molar-refractivity contribution in [3.63, 3.8) is 0 Å². The lowest BCUT2D eigenvalue weighted by Gasteiger charge is -2.40. The van der Waals surface area contributed by atoms with E-state index in [0.717, 1.165) is 12.8 Å². The van der Waals surface area contributed by atoms with Crippen LogP contribution in [0, 0.1) is 22.7 Å². The van der Waals surface area contributed by atoms with Crippen LogP contribution in [-0.4, -0.2) is 47.7 Å². The molecular formula is C23H42N4O4. The number of aliphatic carboxylic acids is 1. The van der Waals surface area contributed by atoms with E-state index in [1.165, 1.54) is 6.42 Å². The SMILES string of the molecule is CC(C)CC(NC(=O)NC(CCCCN)C(=O)O)C(=O)NC1CC2CCC1(C)C2(C)C. The first-order valence-corrected chi connectivity index (χ1v) is 11.7. The molecule has 2 aliphatic rings. The highest BCUT2D eigenvalue weighted by atomic mass is 16.4. The largest absolute Gasteiger partial charge is 0.480 e. The number of nitrogens with one attached hydrogen (secondary N) is 3. The van der Waals surface area contributed by atoms with Gasteiger partial charge in [-0.3, -0.25) is 4.79 Å². The van der Waals surface area contributed by atoms with Crippen molar-refractivity contribution in [2.45, 2.75) is 97.7 Å². The van der Waals surface area contributed by atoms with Crippen molar-refractivity contribution in [2.24, 2.45) is 28.4 Å². The molecule has 0 radical (unpaired) electrons. The minimum absolute atomic E-state index is 0.0510. The Morgan fingerprint density at radius 2 is 1.74 bits per heavy atom. The minimum Gasteiger partial charge on any atom is -0.480 e. The summed E-state index contributed by atoms with van der Waals surface area (Å²) in [6.07, 6.45) is 5.37. The number of hydrogen-bond donors (Lipinski definition) is 5. The second-order valence-electron chi connectivity index (χ2n) is 10.6. The van der Waals surface area contributed by atoms with Crippen LogP contribution in [0.4, 0.5) is 4.79 Å². The topological polar surface area (TPSA) is 134 Å². The average Bonchev–Trinajstić information content (AvgIpc) is 2.99. The number of rotatable bonds is 11. The highest BCUT2D eigenvalue weighted by molar-refractivity contribution is 5.89. The van der Waals surface area contributed by atoms with Gasteiger partial charge >= 0.3 is 12.0 Å². The second-order valence-corrected chi connectivity index (χ2v) is 10.6. The van der Waals surface area contributed by atoms with Crippen molar-refractivity contribution in [3.05, 3.63) is 0 Å². The van der Waals surface area contributed by atoms with Gasteiger partial charge in [-0.1, -0.05) is 34.6 Å². The number of carboxylic acids is 1. The van der Waals surface area contributed by atoms with Gasteiger partial charge in [0.1, 0.15) is 12.1 Å². The van der Waals surface area contributed by atoms with Gasteiger partial charge in [0.25, 0.3) is 0 Å². The van der Waals surface area contributed by atoms with E-state index in [9.17, 15) is 19.5 Å². The summed E-state index contributed by atoms with van der Waals surface area (Å²) in [7, 11) is 0. The zero-order valence-electron chi connectivity index (χ0n) is 19.8. The number of carbonyl (C=O) groups excluding carboxylic acids is 2. The van der Waals surface area contributed by atoms with Gasteiger partial charge in [0.15, 0.2) is 0 Å². The lowest BCUT2D eigenvalue weighted by Crippen LogP contribution is -2.56. The van der Waals surface area contributed by atoms with E-state index in [1.54, 1.807) is 0 Å². The first-order chi connectivity index (χ1) is 14.4. The van der Waals surface area contributed by atoms with E-state index < -0.39 is 24.1 Å². The molecule has 8 heteroatoms. The van der Waals surface area contributed by atoms with Gasteiger partial charge in [-0.25, -0.2) is 9.59 Å². The molecular weight excluding hydrogens is 396 g/mol. The predicted molar refractivity (Wildman–Crippen MR) is 120 cm³/mol. The summed E-state index contributed by atoms with van der Waals surface area (Å²) in [5.41, 5.74) is 5.69. The number of fused-ring (bicyclic) bond motifs is 2. The molecule has 31 heavy (non-hydrogen) atoms. The summed E-state index contributed by atoms with van der Waals surface area (Å²) in [5.74, 6) is -0.474. The number of amides is 3. The first kappa shape index (κ1) is 25.4. The molecule has 0 aliphatic heterocycles. The molecule has 8 nitrogen and oxygen atoms in total. The standard InChI is InChI=1S/C23H42N4O4/c1-14(2)12-17(26-21(31)25-16(20(29)30)8-6-7-11-24)19(28)27-18-13-15-9-10-23(18,5)22(15,3)4/h14-18H,6-13,24H2,1-5H3,(H,27,28)(H,29,30)(H2,25,26,31). The zero-order valence-corrected chi connectivity index (χ0v) is 19.8. The molecule has 2 saturated carbocycles. The van der Waals surface area contributed by atoms with Crippen LogP contribution in [-0.2, 0) is 9.59 Å². The Labute approximate surface area is 186 Å². The van der Waals surface area contributed by atoms with Crippen molar-refractivity contribution in [1.82, 2.24) is 16.0 Å². The van der Waals surface area contributed by atoms with Crippen LogP contribution in [0.15, 0.2) is 0 Å². The first-order valence-electron chi connectivity index (χ1n) is 11.7. The van der Waals surface area contributed by atoms with Crippen LogP contribution in [0.3, 0.4) is 0 Å². The van der Waals surface area contributed by atoms with Crippen LogP contribution >= 0.6 is 0 Å². The molecule has 2 rings (SSSR count). The van der Waals surface area contributed by atoms with Gasteiger partial charge in [-0.15, -0.1) is 0 Å². The number of urea groups is 1.